The van der Waals surface area contributed by atoms with Crippen molar-refractivity contribution in [2.45, 2.75) is 0 Å². The van der Waals surface area contributed by atoms with Crippen LogP contribution in [0.4, 0.5) is 5.69 Å². The van der Waals surface area contributed by atoms with E-state index in [0.717, 1.165) is 55.2 Å². The third kappa shape index (κ3) is 7.07. The van der Waals surface area contributed by atoms with Crippen molar-refractivity contribution in [1.29, 1.82) is 5.41 Å². The van der Waals surface area contributed by atoms with E-state index >= 15 is 0 Å². The van der Waals surface area contributed by atoms with E-state index in [0.29, 0.717) is 11.4 Å². The van der Waals surface area contributed by atoms with Crippen molar-refractivity contribution in [3.8, 4) is 33.4 Å². The molecule has 0 saturated heterocycles. The molecule has 0 fully saturated rings. The highest BCUT2D eigenvalue weighted by Gasteiger charge is 2.21. The Labute approximate surface area is 354 Å². The minimum atomic E-state index is 0.358. The summed E-state index contributed by atoms with van der Waals surface area (Å²) in [7, 11) is 0. The lowest BCUT2D eigenvalue weighted by Crippen LogP contribution is -2.18. The van der Waals surface area contributed by atoms with Gasteiger partial charge in [0, 0.05) is 18.0 Å². The topological polar surface area (TPSA) is 61.1 Å². The van der Waals surface area contributed by atoms with Gasteiger partial charge in [-0.2, -0.15) is 5.10 Å². The maximum atomic E-state index is 9.52. The minimum Gasteiger partial charge on any atom is -0.298 e. The van der Waals surface area contributed by atoms with Crippen molar-refractivity contribution in [2.24, 2.45) is 5.10 Å². The van der Waals surface area contributed by atoms with Gasteiger partial charge in [0.2, 0.25) is 0 Å². The van der Waals surface area contributed by atoms with Gasteiger partial charge in [0.1, 0.15) is 5.71 Å². The van der Waals surface area contributed by atoms with Gasteiger partial charge in [-0.15, -0.1) is 0 Å². The fourth-order valence-electron chi connectivity index (χ4n) is 8.44. The first-order chi connectivity index (χ1) is 30.1. The molecule has 10 aromatic rings. The molecule has 2 N–H and O–H groups in total. The normalized spacial score (nSPS) is 13.5. The molecule has 9 aromatic carbocycles. The molecule has 1 aliphatic carbocycles. The Bertz CT molecular complexity index is 3450. The van der Waals surface area contributed by atoms with Crippen molar-refractivity contribution in [3.05, 3.63) is 230 Å². The summed E-state index contributed by atoms with van der Waals surface area (Å²) in [5, 5.41) is 23.9. The maximum Gasteiger partial charge on any atom is 0.109 e. The molecule has 0 saturated carbocycles. The molecule has 0 unspecified atom stereocenters. The van der Waals surface area contributed by atoms with Crippen molar-refractivity contribution in [1.82, 2.24) is 4.98 Å². The Morgan fingerprint density at radius 1 is 0.377 bits per heavy atom. The molecule has 0 spiro atoms. The van der Waals surface area contributed by atoms with Crippen molar-refractivity contribution in [3.63, 3.8) is 0 Å². The van der Waals surface area contributed by atoms with Crippen LogP contribution in [0.3, 0.4) is 0 Å². The van der Waals surface area contributed by atoms with Gasteiger partial charge < -0.3 is 0 Å². The molecule has 0 radical (unpaired) electrons. The Hall–Kier alpha value is -8.21. The summed E-state index contributed by atoms with van der Waals surface area (Å²) in [5.74, 6) is 0. The van der Waals surface area contributed by atoms with Gasteiger partial charge in [-0.1, -0.05) is 140 Å². The molecule has 286 valence electrons. The first-order valence-corrected chi connectivity index (χ1v) is 20.5. The average molecular weight is 779 g/mol. The fourth-order valence-corrected chi connectivity index (χ4v) is 8.44. The number of pyridine rings is 1. The molecule has 0 aliphatic heterocycles. The highest BCUT2D eigenvalue weighted by molar-refractivity contribution is 6.62. The van der Waals surface area contributed by atoms with E-state index < -0.39 is 0 Å². The maximum absolute atomic E-state index is 9.52. The van der Waals surface area contributed by atoms with Crippen molar-refractivity contribution >= 4 is 71.3 Å². The predicted molar refractivity (Wildman–Crippen MR) is 258 cm³/mol. The lowest BCUT2D eigenvalue weighted by atomic mass is 9.86. The first kappa shape index (κ1) is 35.9. The summed E-state index contributed by atoms with van der Waals surface area (Å²) in [6.45, 7) is 0. The number of hydrogen-bond acceptors (Lipinski definition) is 4. The molecule has 1 aliphatic rings. The summed E-state index contributed by atoms with van der Waals surface area (Å²) < 4.78 is 0. The quantitative estimate of drug-likeness (QED) is 0.125. The van der Waals surface area contributed by atoms with E-state index in [1.807, 2.05) is 36.5 Å². The number of nitrogens with one attached hydrogen (secondary N) is 2. The molecular weight excluding hydrogens is 741 g/mol. The van der Waals surface area contributed by atoms with Crippen LogP contribution >= 0.6 is 0 Å². The van der Waals surface area contributed by atoms with E-state index in [9.17, 15) is 5.41 Å². The minimum absolute atomic E-state index is 0.358. The molecule has 4 nitrogen and oxygen atoms in total. The lowest BCUT2D eigenvalue weighted by molar-refractivity contribution is 1.32. The van der Waals surface area contributed by atoms with E-state index in [-0.39, 0.29) is 0 Å². The van der Waals surface area contributed by atoms with E-state index in [2.05, 4.69) is 186 Å². The molecule has 4 heteroatoms. The van der Waals surface area contributed by atoms with Crippen LogP contribution < -0.4 is 5.43 Å². The Balaban J connectivity index is 0.946. The molecule has 11 rings (SSSR count). The molecule has 0 amide bonds. The van der Waals surface area contributed by atoms with Crippen molar-refractivity contribution in [2.75, 3.05) is 5.43 Å². The lowest BCUT2D eigenvalue weighted by Gasteiger charge is -2.19. The van der Waals surface area contributed by atoms with Crippen LogP contribution in [0, 0.1) is 5.41 Å². The van der Waals surface area contributed by atoms with E-state index in [4.69, 9.17) is 5.10 Å². The Morgan fingerprint density at radius 3 is 1.36 bits per heavy atom. The van der Waals surface area contributed by atoms with Crippen molar-refractivity contribution < 1.29 is 0 Å². The second-order valence-corrected chi connectivity index (χ2v) is 15.6. The van der Waals surface area contributed by atoms with Crippen LogP contribution in [0.2, 0.25) is 0 Å². The van der Waals surface area contributed by atoms with E-state index in [1.54, 1.807) is 6.20 Å². The van der Waals surface area contributed by atoms with Crippen LogP contribution in [-0.2, 0) is 0 Å². The number of anilines is 1. The van der Waals surface area contributed by atoms with Crippen LogP contribution in [-0.4, -0.2) is 16.4 Å². The van der Waals surface area contributed by atoms with Gasteiger partial charge in [0.05, 0.1) is 11.4 Å². The van der Waals surface area contributed by atoms with Crippen LogP contribution in [0.5, 0.6) is 0 Å². The average Bonchev–Trinajstić information content (AvgIpc) is 3.33. The number of rotatable bonds is 7. The number of benzene rings is 9. The van der Waals surface area contributed by atoms with Gasteiger partial charge in [-0.25, -0.2) is 0 Å². The summed E-state index contributed by atoms with van der Waals surface area (Å²) in [6, 6.07) is 68.8. The highest BCUT2D eigenvalue weighted by atomic mass is 15.3. The number of nitrogens with zero attached hydrogens (tertiary/aromatic N) is 2. The molecule has 61 heavy (non-hydrogen) atoms. The third-order valence-electron chi connectivity index (χ3n) is 11.8. The first-order valence-electron chi connectivity index (χ1n) is 20.5. The number of hydrogen-bond donors (Lipinski definition) is 2. The molecule has 0 atom stereocenters. The number of fused-ring (bicyclic) bond motifs is 4. The molecular formula is C57H38N4. The van der Waals surface area contributed by atoms with Crippen LogP contribution in [0.1, 0.15) is 11.1 Å². The molecule has 1 aromatic heterocycles. The number of aromatic nitrogens is 1. The molecule has 0 bridgehead atoms. The largest absolute Gasteiger partial charge is 0.298 e. The van der Waals surface area contributed by atoms with Crippen LogP contribution in [0.25, 0.3) is 87.6 Å². The smallest absolute Gasteiger partial charge is 0.109 e. The summed E-state index contributed by atoms with van der Waals surface area (Å²) in [5.41, 5.74) is 15.7. The summed E-state index contributed by atoms with van der Waals surface area (Å²) >= 11 is 0. The van der Waals surface area contributed by atoms with E-state index in [1.165, 1.54) is 49.2 Å². The fraction of sp³-hybridized carbons (Fsp3) is 0. The third-order valence-corrected chi connectivity index (χ3v) is 11.8. The zero-order valence-corrected chi connectivity index (χ0v) is 33.2. The molecule has 1 heterocycles. The standard InChI is InChI=1S/C57H38N4/c58-57-55(51-22-21-48-31-45(17-18-49(48)33-51)43-14-12-38-7-2-4-9-41(38)29-43)34-53(35-56(57)61-60-54-25-23-39(24-26-54)52-10-5-27-59-36-52)50-20-19-46-30-44(15-16-47(46)32-50)42-13-11-37-6-1-3-8-40(37)28-42/h1-36,58,60H/b58-57?,61-56-. The zero-order valence-electron chi connectivity index (χ0n) is 33.2. The summed E-state index contributed by atoms with van der Waals surface area (Å²) in [4.78, 5) is 4.26. The summed E-state index contributed by atoms with van der Waals surface area (Å²) in [6.07, 6.45) is 7.80. The second kappa shape index (κ2) is 15.2. The number of allylic oxidation sites excluding steroid dienone is 4. The Kier molecular flexibility index (Phi) is 8.94. The van der Waals surface area contributed by atoms with Gasteiger partial charge in [0.25, 0.3) is 0 Å². The highest BCUT2D eigenvalue weighted by Crippen LogP contribution is 2.35. The van der Waals surface area contributed by atoms with Crippen LogP contribution in [0.15, 0.2) is 224 Å². The van der Waals surface area contributed by atoms with Gasteiger partial charge in [0.15, 0.2) is 0 Å². The zero-order chi connectivity index (χ0) is 40.7. The predicted octanol–water partition coefficient (Wildman–Crippen LogP) is 14.7. The second-order valence-electron chi connectivity index (χ2n) is 15.6. The van der Waals surface area contributed by atoms with Gasteiger partial charge >= 0.3 is 0 Å². The van der Waals surface area contributed by atoms with Gasteiger partial charge in [-0.3, -0.25) is 15.8 Å². The SMILES string of the molecule is N=C1C(c2ccc3cc(-c4ccc5ccccc5c4)ccc3c2)=CC(c2ccc3cc(-c4ccc5ccccc5c4)ccc3c2)=C/C1=N/Nc1ccc(-c2cccnc2)cc1. The number of hydrazone groups is 1. The Morgan fingerprint density at radius 2 is 0.820 bits per heavy atom. The van der Waals surface area contributed by atoms with Gasteiger partial charge in [-0.05, 0) is 160 Å². The monoisotopic (exact) mass is 778 g/mol.